The molecular formula is C18H19F3N4O4. The van der Waals surface area contributed by atoms with Gasteiger partial charge >= 0.3 is 6.18 Å². The molecule has 0 bridgehead atoms. The van der Waals surface area contributed by atoms with Crippen LogP contribution in [0, 0.1) is 0 Å². The van der Waals surface area contributed by atoms with Crippen LogP contribution in [0.5, 0.6) is 0 Å². The third-order valence-corrected chi connectivity index (χ3v) is 5.01. The van der Waals surface area contributed by atoms with E-state index in [4.69, 9.17) is 16.2 Å². The average Bonchev–Trinajstić information content (AvgIpc) is 2.68. The Morgan fingerprint density at radius 1 is 1.14 bits per heavy atom. The fourth-order valence-electron chi connectivity index (χ4n) is 3.50. The molecule has 0 aromatic heterocycles. The van der Waals surface area contributed by atoms with Gasteiger partial charge in [0.1, 0.15) is 11.1 Å². The molecule has 0 saturated carbocycles. The molecule has 4 N–H and O–H groups in total. The number of benzene rings is 1. The topological polar surface area (TPSA) is 119 Å². The lowest BCUT2D eigenvalue weighted by atomic mass is 9.87. The molecule has 3 amide bonds. The molecule has 0 radical (unpaired) electrons. The first kappa shape index (κ1) is 20.8. The molecule has 3 rings (SSSR count). The predicted molar refractivity (Wildman–Crippen MR) is 95.4 cm³/mol. The van der Waals surface area contributed by atoms with Crippen LogP contribution in [-0.4, -0.2) is 61.0 Å². The predicted octanol–water partition coefficient (Wildman–Crippen LogP) is 0.0200. The van der Waals surface area contributed by atoms with Gasteiger partial charge in [-0.1, -0.05) is 6.07 Å². The lowest BCUT2D eigenvalue weighted by Crippen LogP contribution is -2.67. The molecule has 29 heavy (non-hydrogen) atoms. The van der Waals surface area contributed by atoms with E-state index < -0.39 is 40.6 Å². The number of anilines is 1. The van der Waals surface area contributed by atoms with Crippen molar-refractivity contribution in [1.29, 1.82) is 0 Å². The van der Waals surface area contributed by atoms with Crippen LogP contribution in [0.4, 0.5) is 18.9 Å². The fourth-order valence-corrected chi connectivity index (χ4v) is 3.50. The summed E-state index contributed by atoms with van der Waals surface area (Å²) in [6, 6.07) is 4.04. The van der Waals surface area contributed by atoms with E-state index in [1.807, 2.05) is 0 Å². The van der Waals surface area contributed by atoms with Gasteiger partial charge in [-0.25, -0.2) is 0 Å². The van der Waals surface area contributed by atoms with Crippen LogP contribution >= 0.6 is 0 Å². The van der Waals surface area contributed by atoms with Crippen molar-refractivity contribution in [2.24, 2.45) is 11.5 Å². The van der Waals surface area contributed by atoms with Crippen LogP contribution in [-0.2, 0) is 25.3 Å². The zero-order valence-corrected chi connectivity index (χ0v) is 15.2. The Morgan fingerprint density at radius 2 is 1.79 bits per heavy atom. The summed E-state index contributed by atoms with van der Waals surface area (Å²) in [4.78, 5) is 39.7. The summed E-state index contributed by atoms with van der Waals surface area (Å²) in [5, 5.41) is 0. The minimum atomic E-state index is -4.64. The van der Waals surface area contributed by atoms with Crippen LogP contribution in [0.1, 0.15) is 5.56 Å². The van der Waals surface area contributed by atoms with E-state index in [9.17, 15) is 27.6 Å². The van der Waals surface area contributed by atoms with Gasteiger partial charge in [-0.05, 0) is 24.3 Å². The van der Waals surface area contributed by atoms with Crippen molar-refractivity contribution in [1.82, 2.24) is 4.90 Å². The second-order valence-corrected chi connectivity index (χ2v) is 6.75. The molecule has 0 aliphatic carbocycles. The summed E-state index contributed by atoms with van der Waals surface area (Å²) in [6.07, 6.45) is -3.52. The average molecular weight is 412 g/mol. The van der Waals surface area contributed by atoms with Crippen molar-refractivity contribution in [3.63, 3.8) is 0 Å². The quantitative estimate of drug-likeness (QED) is 0.676. The van der Waals surface area contributed by atoms with E-state index >= 15 is 0 Å². The highest BCUT2D eigenvalue weighted by Crippen LogP contribution is 2.35. The number of nitrogens with two attached hydrogens (primary N) is 2. The first-order valence-corrected chi connectivity index (χ1v) is 8.71. The summed E-state index contributed by atoms with van der Waals surface area (Å²) in [5.41, 5.74) is 7.73. The van der Waals surface area contributed by atoms with Crippen molar-refractivity contribution < 1.29 is 32.3 Å². The van der Waals surface area contributed by atoms with Crippen LogP contribution in [0.3, 0.4) is 0 Å². The van der Waals surface area contributed by atoms with Gasteiger partial charge in [0.05, 0.1) is 25.3 Å². The van der Waals surface area contributed by atoms with Crippen molar-refractivity contribution in [3.8, 4) is 0 Å². The van der Waals surface area contributed by atoms with Crippen molar-refractivity contribution in [2.45, 2.75) is 11.7 Å². The van der Waals surface area contributed by atoms with Crippen LogP contribution in [0.15, 0.2) is 35.9 Å². The maximum Gasteiger partial charge on any atom is 0.416 e. The third-order valence-electron chi connectivity index (χ3n) is 5.01. The van der Waals surface area contributed by atoms with E-state index in [1.54, 1.807) is 4.90 Å². The third kappa shape index (κ3) is 3.83. The zero-order valence-electron chi connectivity index (χ0n) is 15.2. The lowest BCUT2D eigenvalue weighted by Gasteiger charge is -2.46. The highest BCUT2D eigenvalue weighted by Gasteiger charge is 2.49. The standard InChI is InChI=1S/C18H19F3N4O4/c19-18(20,21)11-2-1-3-12(8-11)25-10-17(16(23)28,24-4-6-29-7-5-24)9-13(14(22)26)15(25)27/h1-3,8-9H,4-7,10H2,(H2,22,26)(H2,23,28). The van der Waals surface area contributed by atoms with Crippen LogP contribution in [0.25, 0.3) is 0 Å². The van der Waals surface area contributed by atoms with Gasteiger partial charge in [-0.2, -0.15) is 13.2 Å². The van der Waals surface area contributed by atoms with Crippen molar-refractivity contribution in [2.75, 3.05) is 37.7 Å². The van der Waals surface area contributed by atoms with Gasteiger partial charge in [0, 0.05) is 18.8 Å². The van der Waals surface area contributed by atoms with E-state index in [0.717, 1.165) is 29.2 Å². The van der Waals surface area contributed by atoms with E-state index in [-0.39, 0.29) is 38.5 Å². The fraction of sp³-hybridized carbons (Fsp3) is 0.389. The maximum absolute atomic E-state index is 13.1. The number of alkyl halides is 3. The molecule has 2 heterocycles. The number of halogens is 3. The minimum absolute atomic E-state index is 0.129. The minimum Gasteiger partial charge on any atom is -0.379 e. The van der Waals surface area contributed by atoms with Gasteiger partial charge in [-0.3, -0.25) is 19.3 Å². The summed E-state index contributed by atoms with van der Waals surface area (Å²) < 4.78 is 44.6. The van der Waals surface area contributed by atoms with Crippen molar-refractivity contribution >= 4 is 23.4 Å². The van der Waals surface area contributed by atoms with Gasteiger partial charge < -0.3 is 21.1 Å². The SMILES string of the molecule is NC(=O)C1=CC(C(N)=O)(N2CCOCC2)CN(c2cccc(C(F)(F)F)c2)C1=O. The maximum atomic E-state index is 13.1. The van der Waals surface area contributed by atoms with Crippen LogP contribution in [0.2, 0.25) is 0 Å². The monoisotopic (exact) mass is 412 g/mol. The summed E-state index contributed by atoms with van der Waals surface area (Å²) in [7, 11) is 0. The molecule has 1 unspecified atom stereocenters. The molecule has 11 heteroatoms. The Morgan fingerprint density at radius 3 is 2.34 bits per heavy atom. The summed E-state index contributed by atoms with van der Waals surface area (Å²) in [5.74, 6) is -2.87. The van der Waals surface area contributed by atoms with E-state index in [2.05, 4.69) is 0 Å². The van der Waals surface area contributed by atoms with E-state index in [0.29, 0.717) is 0 Å². The Balaban J connectivity index is 2.12. The second kappa shape index (κ2) is 7.48. The molecular weight excluding hydrogens is 393 g/mol. The lowest BCUT2D eigenvalue weighted by molar-refractivity contribution is -0.138. The normalized spacial score (nSPS) is 23.6. The van der Waals surface area contributed by atoms with Crippen molar-refractivity contribution in [3.05, 3.63) is 41.5 Å². The molecule has 1 aromatic carbocycles. The zero-order chi connectivity index (χ0) is 21.4. The molecule has 2 aliphatic rings. The molecule has 1 aromatic rings. The van der Waals surface area contributed by atoms with Gasteiger partial charge in [0.15, 0.2) is 0 Å². The first-order valence-electron chi connectivity index (χ1n) is 8.71. The number of carbonyl (C=O) groups is 3. The molecule has 156 valence electrons. The molecule has 1 saturated heterocycles. The number of carbonyl (C=O) groups excluding carboxylic acids is 3. The Labute approximate surface area is 163 Å². The number of rotatable bonds is 4. The highest BCUT2D eigenvalue weighted by atomic mass is 19.4. The summed E-state index contributed by atoms with van der Waals surface area (Å²) >= 11 is 0. The summed E-state index contributed by atoms with van der Waals surface area (Å²) in [6.45, 7) is 0.754. The number of hydrogen-bond donors (Lipinski definition) is 2. The van der Waals surface area contributed by atoms with Gasteiger partial charge in [0.25, 0.3) is 11.8 Å². The molecule has 8 nitrogen and oxygen atoms in total. The molecule has 0 spiro atoms. The Hall–Kier alpha value is -2.92. The van der Waals surface area contributed by atoms with Crippen LogP contribution < -0.4 is 16.4 Å². The number of nitrogens with zero attached hydrogens (tertiary/aromatic N) is 2. The van der Waals surface area contributed by atoms with Gasteiger partial charge in [-0.15, -0.1) is 0 Å². The van der Waals surface area contributed by atoms with Gasteiger partial charge in [0.2, 0.25) is 5.91 Å². The number of hydrogen-bond acceptors (Lipinski definition) is 5. The highest BCUT2D eigenvalue weighted by molar-refractivity contribution is 6.25. The number of amides is 3. The molecule has 1 atom stereocenters. The van der Waals surface area contributed by atoms with E-state index in [1.165, 1.54) is 6.07 Å². The Bertz CT molecular complexity index is 880. The number of ether oxygens (including phenoxy) is 1. The smallest absolute Gasteiger partial charge is 0.379 e. The molecule has 2 aliphatic heterocycles. The first-order chi connectivity index (χ1) is 13.6. The number of primary amides is 2. The Kier molecular flexibility index (Phi) is 5.37. The molecule has 1 fully saturated rings. The second-order valence-electron chi connectivity index (χ2n) is 6.75. The largest absolute Gasteiger partial charge is 0.416 e. The number of morpholine rings is 1.